The third-order valence-corrected chi connectivity index (χ3v) is 7.05. The number of hydrogen-bond donors (Lipinski definition) is 2. The highest BCUT2D eigenvalue weighted by molar-refractivity contribution is 5.94. The first-order valence-electron chi connectivity index (χ1n) is 12.1. The normalized spacial score (nSPS) is 18.6. The lowest BCUT2D eigenvalue weighted by Gasteiger charge is -2.36. The van der Waals surface area contributed by atoms with Crippen molar-refractivity contribution in [1.29, 1.82) is 0 Å². The van der Waals surface area contributed by atoms with Crippen LogP contribution in [-0.4, -0.2) is 87.3 Å². The van der Waals surface area contributed by atoms with Gasteiger partial charge in [-0.05, 0) is 38.9 Å². The number of rotatable bonds is 4. The summed E-state index contributed by atoms with van der Waals surface area (Å²) in [5.74, 6) is 0.591. The monoisotopic (exact) mass is 475 g/mol. The molecule has 0 aliphatic carbocycles. The number of nitrogen functional groups attached to an aromatic ring is 1. The number of aromatic nitrogens is 4. The maximum absolute atomic E-state index is 13.0. The van der Waals surface area contributed by atoms with Crippen LogP contribution in [-0.2, 0) is 0 Å². The molecule has 0 bridgehead atoms. The average Bonchev–Trinajstić information content (AvgIpc) is 3.35. The number of carbonyl (C=O) groups excluding carboxylic acids is 1. The highest BCUT2D eigenvalue weighted by atomic mass is 16.2. The molecule has 4 N–H and O–H groups in total. The summed E-state index contributed by atoms with van der Waals surface area (Å²) < 4.78 is 1.52. The number of hydrogen-bond acceptors (Lipinski definition) is 8. The minimum absolute atomic E-state index is 0.0612. The van der Waals surface area contributed by atoms with Crippen LogP contribution in [0.1, 0.15) is 30.1 Å². The summed E-state index contributed by atoms with van der Waals surface area (Å²) >= 11 is 0. The standard InChI is InChI=1S/C25H33N9O/c1-25(27)7-9-33(10-8-25)24(35)19-15-29-34(17-19)23-22(26)28-16-21(30-23)18-3-5-20(6-4-18)32-13-11-31(2)12-14-32/h3-6,15-17H,7-14,27H2,1-2H3,(H2,26,28). The lowest BCUT2D eigenvalue weighted by atomic mass is 9.91. The summed E-state index contributed by atoms with van der Waals surface area (Å²) in [5.41, 5.74) is 15.5. The third-order valence-electron chi connectivity index (χ3n) is 7.05. The third kappa shape index (κ3) is 4.98. The van der Waals surface area contributed by atoms with Crippen LogP contribution in [0.25, 0.3) is 17.1 Å². The van der Waals surface area contributed by atoms with Gasteiger partial charge in [0.15, 0.2) is 11.6 Å². The predicted octanol–water partition coefficient (Wildman–Crippen LogP) is 1.62. The molecule has 2 saturated heterocycles. The summed E-state index contributed by atoms with van der Waals surface area (Å²) in [6.07, 6.45) is 6.44. The van der Waals surface area contributed by atoms with Gasteiger partial charge in [0, 0.05) is 62.3 Å². The Kier molecular flexibility index (Phi) is 6.16. The molecule has 35 heavy (non-hydrogen) atoms. The topological polar surface area (TPSA) is 122 Å². The van der Waals surface area contributed by atoms with Crippen molar-refractivity contribution in [2.24, 2.45) is 5.73 Å². The Morgan fingerprint density at radius 3 is 2.37 bits per heavy atom. The zero-order valence-electron chi connectivity index (χ0n) is 20.4. The number of benzene rings is 1. The lowest BCUT2D eigenvalue weighted by Crippen LogP contribution is -2.49. The molecule has 3 aromatic rings. The summed E-state index contributed by atoms with van der Waals surface area (Å²) in [6.45, 7) is 7.47. The second kappa shape index (κ2) is 9.27. The molecule has 2 aliphatic heterocycles. The number of likely N-dealkylation sites (N-methyl/N-ethyl adjacent to an activating group) is 1. The van der Waals surface area contributed by atoms with Gasteiger partial charge in [0.2, 0.25) is 0 Å². The van der Waals surface area contributed by atoms with E-state index in [2.05, 4.69) is 51.2 Å². The number of piperidine rings is 1. The Labute approximate surface area is 205 Å². The number of amides is 1. The molecule has 0 radical (unpaired) electrons. The van der Waals surface area contributed by atoms with E-state index in [1.807, 2.05) is 11.8 Å². The Hall–Kier alpha value is -3.50. The molecule has 2 aliphatic rings. The van der Waals surface area contributed by atoms with Gasteiger partial charge in [-0.1, -0.05) is 12.1 Å². The molecule has 2 fully saturated rings. The molecule has 5 rings (SSSR count). The Balaban J connectivity index is 1.33. The van der Waals surface area contributed by atoms with Crippen LogP contribution in [0.15, 0.2) is 42.9 Å². The Morgan fingerprint density at radius 1 is 1.00 bits per heavy atom. The fourth-order valence-corrected chi connectivity index (χ4v) is 4.56. The van der Waals surface area contributed by atoms with Gasteiger partial charge in [0.1, 0.15) is 0 Å². The van der Waals surface area contributed by atoms with Gasteiger partial charge >= 0.3 is 0 Å². The maximum atomic E-state index is 13.0. The zero-order chi connectivity index (χ0) is 24.6. The number of nitrogens with zero attached hydrogens (tertiary/aromatic N) is 7. The van der Waals surface area contributed by atoms with Crippen molar-refractivity contribution >= 4 is 17.4 Å². The van der Waals surface area contributed by atoms with E-state index in [-0.39, 0.29) is 17.3 Å². The molecule has 4 heterocycles. The van der Waals surface area contributed by atoms with E-state index in [1.165, 1.54) is 10.4 Å². The van der Waals surface area contributed by atoms with Crippen molar-refractivity contribution in [3.05, 3.63) is 48.4 Å². The van der Waals surface area contributed by atoms with Crippen LogP contribution in [0.3, 0.4) is 0 Å². The van der Waals surface area contributed by atoms with Gasteiger partial charge in [-0.3, -0.25) is 4.79 Å². The SMILES string of the molecule is CN1CCN(c2ccc(-c3cnc(N)c(-n4cc(C(=O)N5CCC(C)(N)CC5)cn4)n3)cc2)CC1. The fraction of sp³-hybridized carbons (Fsp3) is 0.440. The molecule has 0 unspecified atom stereocenters. The number of piperazine rings is 1. The lowest BCUT2D eigenvalue weighted by molar-refractivity contribution is 0.0681. The molecule has 0 saturated carbocycles. The van der Waals surface area contributed by atoms with Gasteiger partial charge < -0.3 is 26.2 Å². The number of carbonyl (C=O) groups is 1. The fourth-order valence-electron chi connectivity index (χ4n) is 4.56. The molecule has 184 valence electrons. The van der Waals surface area contributed by atoms with E-state index >= 15 is 0 Å². The second-order valence-corrected chi connectivity index (χ2v) is 9.92. The Morgan fingerprint density at radius 2 is 1.69 bits per heavy atom. The predicted molar refractivity (Wildman–Crippen MR) is 136 cm³/mol. The van der Waals surface area contributed by atoms with E-state index in [4.69, 9.17) is 16.5 Å². The van der Waals surface area contributed by atoms with Crippen molar-refractivity contribution in [3.63, 3.8) is 0 Å². The van der Waals surface area contributed by atoms with Crippen LogP contribution >= 0.6 is 0 Å². The molecule has 10 heteroatoms. The highest BCUT2D eigenvalue weighted by Gasteiger charge is 2.29. The van der Waals surface area contributed by atoms with E-state index in [9.17, 15) is 4.79 Å². The largest absolute Gasteiger partial charge is 0.381 e. The number of likely N-dealkylation sites (tertiary alicyclic amines) is 1. The molecule has 0 spiro atoms. The summed E-state index contributed by atoms with van der Waals surface area (Å²) in [5, 5.41) is 4.36. The van der Waals surface area contributed by atoms with Gasteiger partial charge in [0.25, 0.3) is 5.91 Å². The first-order chi connectivity index (χ1) is 16.8. The quantitative estimate of drug-likeness (QED) is 0.584. The van der Waals surface area contributed by atoms with Crippen molar-refractivity contribution in [1.82, 2.24) is 29.5 Å². The number of nitrogens with two attached hydrogens (primary N) is 2. The first kappa shape index (κ1) is 23.3. The molecule has 1 aromatic carbocycles. The second-order valence-electron chi connectivity index (χ2n) is 9.92. The van der Waals surface area contributed by atoms with Crippen molar-refractivity contribution in [2.45, 2.75) is 25.3 Å². The van der Waals surface area contributed by atoms with Gasteiger partial charge in [0.05, 0.1) is 23.7 Å². The minimum atomic E-state index is -0.214. The molecule has 2 aromatic heterocycles. The van der Waals surface area contributed by atoms with Crippen LogP contribution in [0, 0.1) is 0 Å². The maximum Gasteiger partial charge on any atom is 0.257 e. The van der Waals surface area contributed by atoms with Crippen molar-refractivity contribution < 1.29 is 4.79 Å². The van der Waals surface area contributed by atoms with E-state index in [1.54, 1.807) is 18.6 Å². The van der Waals surface area contributed by atoms with Crippen molar-refractivity contribution in [2.75, 3.05) is 56.9 Å². The molecule has 10 nitrogen and oxygen atoms in total. The smallest absolute Gasteiger partial charge is 0.257 e. The molecule has 0 atom stereocenters. The van der Waals surface area contributed by atoms with Crippen LogP contribution in [0.5, 0.6) is 0 Å². The van der Waals surface area contributed by atoms with E-state index < -0.39 is 0 Å². The minimum Gasteiger partial charge on any atom is -0.381 e. The van der Waals surface area contributed by atoms with Gasteiger partial charge in [-0.15, -0.1) is 0 Å². The first-order valence-corrected chi connectivity index (χ1v) is 12.1. The molecular formula is C25H33N9O. The summed E-state index contributed by atoms with van der Waals surface area (Å²) in [4.78, 5) is 28.6. The zero-order valence-corrected chi connectivity index (χ0v) is 20.4. The summed E-state index contributed by atoms with van der Waals surface area (Å²) in [7, 11) is 2.15. The highest BCUT2D eigenvalue weighted by Crippen LogP contribution is 2.25. The van der Waals surface area contributed by atoms with Crippen LogP contribution in [0.2, 0.25) is 0 Å². The summed E-state index contributed by atoms with van der Waals surface area (Å²) in [6, 6.07) is 8.34. The Bertz CT molecular complexity index is 1190. The average molecular weight is 476 g/mol. The van der Waals surface area contributed by atoms with Crippen molar-refractivity contribution in [3.8, 4) is 17.1 Å². The molecular weight excluding hydrogens is 442 g/mol. The number of anilines is 2. The van der Waals surface area contributed by atoms with Crippen LogP contribution in [0.4, 0.5) is 11.5 Å². The van der Waals surface area contributed by atoms with Gasteiger partial charge in [-0.25, -0.2) is 14.6 Å². The van der Waals surface area contributed by atoms with Crippen LogP contribution < -0.4 is 16.4 Å². The van der Waals surface area contributed by atoms with E-state index in [0.717, 1.165) is 44.6 Å². The molecule has 1 amide bonds. The van der Waals surface area contributed by atoms with E-state index in [0.29, 0.717) is 30.2 Å². The van der Waals surface area contributed by atoms with Gasteiger partial charge in [-0.2, -0.15) is 5.10 Å².